The van der Waals surface area contributed by atoms with Crippen LogP contribution >= 0.6 is 0 Å². The molecule has 4 heterocycles. The number of aromatic amines is 1. The van der Waals surface area contributed by atoms with Crippen molar-refractivity contribution in [3.8, 4) is 0 Å². The summed E-state index contributed by atoms with van der Waals surface area (Å²) in [6.45, 7) is 13.2. The van der Waals surface area contributed by atoms with E-state index < -0.39 is 0 Å². The second-order valence-corrected chi connectivity index (χ2v) is 10.4. The molecule has 0 saturated heterocycles. The van der Waals surface area contributed by atoms with E-state index in [1.54, 1.807) is 0 Å². The van der Waals surface area contributed by atoms with Crippen LogP contribution in [-0.2, 0) is 24.1 Å². The number of rotatable bonds is 4. The summed E-state index contributed by atoms with van der Waals surface area (Å²) >= 11 is 0. The highest BCUT2D eigenvalue weighted by molar-refractivity contribution is 5.97. The van der Waals surface area contributed by atoms with Gasteiger partial charge in [-0.15, -0.1) is 0 Å². The Kier molecular flexibility index (Phi) is 5.09. The molecule has 1 N–H and O–H groups in total. The van der Waals surface area contributed by atoms with E-state index in [-0.39, 0.29) is 5.41 Å². The highest BCUT2D eigenvalue weighted by atomic mass is 16.2. The Morgan fingerprint density at radius 2 is 1.87 bits per heavy atom. The zero-order chi connectivity index (χ0) is 21.8. The Morgan fingerprint density at radius 1 is 1.10 bits per heavy atom. The Hall–Kier alpha value is -2.33. The Balaban J connectivity index is 1.31. The minimum atomic E-state index is 0.139. The second-order valence-electron chi connectivity index (χ2n) is 10.4. The van der Waals surface area contributed by atoms with E-state index >= 15 is 0 Å². The van der Waals surface area contributed by atoms with Crippen LogP contribution in [0.1, 0.15) is 60.2 Å². The molecule has 5 rings (SSSR count). The molecule has 0 atom stereocenters. The Bertz CT molecular complexity index is 1060. The minimum absolute atomic E-state index is 0.139. The van der Waals surface area contributed by atoms with E-state index in [1.807, 2.05) is 4.90 Å². The van der Waals surface area contributed by atoms with Gasteiger partial charge in [-0.25, -0.2) is 0 Å². The first-order valence-corrected chi connectivity index (χ1v) is 11.9. The van der Waals surface area contributed by atoms with E-state index in [9.17, 15) is 4.79 Å². The van der Waals surface area contributed by atoms with E-state index in [1.165, 1.54) is 44.8 Å². The predicted molar refractivity (Wildman–Crippen MR) is 128 cm³/mol. The third-order valence-electron chi connectivity index (χ3n) is 7.65. The van der Waals surface area contributed by atoms with Crippen LogP contribution in [0.15, 0.2) is 24.4 Å². The van der Waals surface area contributed by atoms with Gasteiger partial charge in [-0.05, 0) is 72.9 Å². The Morgan fingerprint density at radius 3 is 2.58 bits per heavy atom. The molecule has 3 aliphatic rings. The van der Waals surface area contributed by atoms with Gasteiger partial charge in [0.05, 0.1) is 5.69 Å². The maximum absolute atomic E-state index is 12.4. The van der Waals surface area contributed by atoms with Crippen molar-refractivity contribution in [2.45, 2.75) is 59.8 Å². The van der Waals surface area contributed by atoms with Crippen molar-refractivity contribution in [2.24, 2.45) is 5.41 Å². The Labute approximate surface area is 186 Å². The fourth-order valence-corrected chi connectivity index (χ4v) is 5.88. The van der Waals surface area contributed by atoms with Crippen LogP contribution in [0, 0.1) is 19.3 Å². The molecule has 2 aromatic rings. The molecule has 1 aromatic carbocycles. The number of benzene rings is 1. The minimum Gasteiger partial charge on any atom is -0.364 e. The summed E-state index contributed by atoms with van der Waals surface area (Å²) < 4.78 is 0. The highest BCUT2D eigenvalue weighted by Crippen LogP contribution is 2.40. The van der Waals surface area contributed by atoms with E-state index in [0.717, 1.165) is 51.9 Å². The van der Waals surface area contributed by atoms with Gasteiger partial charge in [0.2, 0.25) is 5.91 Å². The fourth-order valence-electron chi connectivity index (χ4n) is 5.88. The van der Waals surface area contributed by atoms with E-state index in [0.29, 0.717) is 12.3 Å². The molecule has 0 spiro atoms. The molecule has 1 aromatic heterocycles. The second kappa shape index (κ2) is 7.67. The van der Waals surface area contributed by atoms with Gasteiger partial charge in [-0.3, -0.25) is 9.69 Å². The topological polar surface area (TPSA) is 39.3 Å². The number of hydrogen-bond acceptors (Lipinski definition) is 2. The van der Waals surface area contributed by atoms with Crippen molar-refractivity contribution < 1.29 is 4.79 Å². The number of H-pyrrole nitrogens is 1. The molecule has 0 fully saturated rings. The molecular formula is C27H35N3O. The monoisotopic (exact) mass is 417 g/mol. The zero-order valence-electron chi connectivity index (χ0n) is 19.5. The van der Waals surface area contributed by atoms with Crippen molar-refractivity contribution in [3.05, 3.63) is 57.9 Å². The normalized spacial score (nSPS) is 20.6. The zero-order valence-corrected chi connectivity index (χ0v) is 19.5. The molecular weight excluding hydrogens is 382 g/mol. The van der Waals surface area contributed by atoms with Crippen molar-refractivity contribution in [1.82, 2.24) is 9.88 Å². The first-order valence-electron chi connectivity index (χ1n) is 11.9. The van der Waals surface area contributed by atoms with Gasteiger partial charge < -0.3 is 9.88 Å². The molecule has 4 nitrogen and oxygen atoms in total. The third-order valence-corrected chi connectivity index (χ3v) is 7.65. The van der Waals surface area contributed by atoms with Gasteiger partial charge >= 0.3 is 0 Å². The number of aryl methyl sites for hydroxylation is 2. The van der Waals surface area contributed by atoms with Crippen LogP contribution in [0.2, 0.25) is 0 Å². The van der Waals surface area contributed by atoms with Gasteiger partial charge in [-0.2, -0.15) is 0 Å². The molecule has 0 saturated carbocycles. The molecule has 4 heteroatoms. The van der Waals surface area contributed by atoms with Gasteiger partial charge in [0.15, 0.2) is 0 Å². The number of nitrogens with one attached hydrogen (secondary N) is 1. The number of carbonyl (C=O) groups is 1. The van der Waals surface area contributed by atoms with Gasteiger partial charge in [-0.1, -0.05) is 32.1 Å². The summed E-state index contributed by atoms with van der Waals surface area (Å²) in [5.41, 5.74) is 11.1. The largest absolute Gasteiger partial charge is 0.364 e. The van der Waals surface area contributed by atoms with Gasteiger partial charge in [0.1, 0.15) is 0 Å². The van der Waals surface area contributed by atoms with Crippen LogP contribution in [0.25, 0.3) is 5.57 Å². The van der Waals surface area contributed by atoms with Gasteiger partial charge in [0, 0.05) is 49.9 Å². The van der Waals surface area contributed by atoms with Crippen LogP contribution in [-0.4, -0.2) is 42.0 Å². The smallest absolute Gasteiger partial charge is 0.227 e. The number of hydrogen-bond donors (Lipinski definition) is 1. The molecule has 0 bridgehead atoms. The SMILES string of the molecule is Cc1[nH]cc(C2=CCN(CCc3cc4c5c(c3)CCN5C(=O)CCC4)CC2(C)C)c1C. The molecule has 1 amide bonds. The molecule has 31 heavy (non-hydrogen) atoms. The lowest BCUT2D eigenvalue weighted by atomic mass is 9.77. The number of aromatic nitrogens is 1. The summed E-state index contributed by atoms with van der Waals surface area (Å²) in [6, 6.07) is 4.76. The maximum Gasteiger partial charge on any atom is 0.227 e. The van der Waals surface area contributed by atoms with Crippen LogP contribution < -0.4 is 4.90 Å². The summed E-state index contributed by atoms with van der Waals surface area (Å²) in [4.78, 5) is 20.4. The standard InChI is InChI=1S/C27H35N3O/c1-18-19(2)28-16-23(18)24-10-12-29(17-27(24,3)4)11-8-20-14-21-6-5-7-25(31)30-13-9-22(15-20)26(21)30/h10,14-16,28H,5-9,11-13,17H2,1-4H3. The third kappa shape index (κ3) is 3.65. The summed E-state index contributed by atoms with van der Waals surface area (Å²) in [5, 5.41) is 0. The maximum atomic E-state index is 12.4. The lowest BCUT2D eigenvalue weighted by molar-refractivity contribution is -0.118. The highest BCUT2D eigenvalue weighted by Gasteiger charge is 2.32. The number of carbonyl (C=O) groups excluding carboxylic acids is 1. The first-order chi connectivity index (χ1) is 14.8. The number of amides is 1. The molecule has 3 aliphatic heterocycles. The average Bonchev–Trinajstić information content (AvgIpc) is 3.25. The summed E-state index contributed by atoms with van der Waals surface area (Å²) in [7, 11) is 0. The summed E-state index contributed by atoms with van der Waals surface area (Å²) in [6.07, 6.45) is 9.44. The van der Waals surface area contributed by atoms with Crippen LogP contribution in [0.5, 0.6) is 0 Å². The van der Waals surface area contributed by atoms with Gasteiger partial charge in [0.25, 0.3) is 0 Å². The lowest BCUT2D eigenvalue weighted by Crippen LogP contribution is -2.40. The number of anilines is 1. The first kappa shape index (κ1) is 20.6. The average molecular weight is 418 g/mol. The molecule has 0 aliphatic carbocycles. The molecule has 0 unspecified atom stereocenters. The number of nitrogens with zero attached hydrogens (tertiary/aromatic N) is 2. The van der Waals surface area contributed by atoms with Crippen LogP contribution in [0.3, 0.4) is 0 Å². The quantitative estimate of drug-likeness (QED) is 0.774. The fraction of sp³-hybridized carbons (Fsp3) is 0.519. The van der Waals surface area contributed by atoms with Crippen molar-refractivity contribution in [3.63, 3.8) is 0 Å². The molecule has 164 valence electrons. The lowest BCUT2D eigenvalue weighted by Gasteiger charge is -2.39. The predicted octanol–water partition coefficient (Wildman–Crippen LogP) is 4.82. The van der Waals surface area contributed by atoms with E-state index in [4.69, 9.17) is 0 Å². The van der Waals surface area contributed by atoms with Crippen molar-refractivity contribution >= 4 is 17.2 Å². The summed E-state index contributed by atoms with van der Waals surface area (Å²) in [5.74, 6) is 0.316. The van der Waals surface area contributed by atoms with Crippen molar-refractivity contribution in [1.29, 1.82) is 0 Å². The molecule has 0 radical (unpaired) electrons. The van der Waals surface area contributed by atoms with Crippen LogP contribution in [0.4, 0.5) is 5.69 Å². The van der Waals surface area contributed by atoms with E-state index in [2.05, 4.69) is 62.0 Å². The van der Waals surface area contributed by atoms with Crippen molar-refractivity contribution in [2.75, 3.05) is 31.1 Å².